The van der Waals surface area contributed by atoms with Gasteiger partial charge in [0, 0.05) is 0 Å². The number of methoxy groups -OCH3 is 2. The highest BCUT2D eigenvalue weighted by Gasteiger charge is 2.08. The van der Waals surface area contributed by atoms with Crippen molar-refractivity contribution in [2.75, 3.05) is 26.1 Å². The zero-order chi connectivity index (χ0) is 24.3. The molecule has 176 valence electrons. The Morgan fingerprint density at radius 3 is 2.38 bits per heavy atom. The number of hydrazone groups is 1. The lowest BCUT2D eigenvalue weighted by Crippen LogP contribution is -2.20. The lowest BCUT2D eigenvalue weighted by Gasteiger charge is -2.09. The van der Waals surface area contributed by atoms with E-state index in [9.17, 15) is 9.59 Å². The number of nitrogens with one attached hydrogen (secondary N) is 2. The highest BCUT2D eigenvalue weighted by molar-refractivity contribution is 6.33. The van der Waals surface area contributed by atoms with Crippen LogP contribution < -0.4 is 25.0 Å². The van der Waals surface area contributed by atoms with E-state index in [1.165, 1.54) is 13.3 Å². The number of carbonyl (C=O) groups is 2. The van der Waals surface area contributed by atoms with Gasteiger partial charge in [-0.25, -0.2) is 5.43 Å². The molecular weight excluding hydrogens is 458 g/mol. The first-order chi connectivity index (χ1) is 16.5. The molecule has 0 fully saturated rings. The molecule has 3 aromatic rings. The van der Waals surface area contributed by atoms with Crippen LogP contribution in [0.4, 0.5) is 5.69 Å². The number of nitrogens with zero attached hydrogens (tertiary/aromatic N) is 1. The number of carbonyl (C=O) groups excluding carboxylic acids is 2. The van der Waals surface area contributed by atoms with Crippen LogP contribution in [0.1, 0.15) is 11.1 Å². The Kier molecular flexibility index (Phi) is 8.88. The molecule has 0 saturated heterocycles. The number of anilines is 1. The summed E-state index contributed by atoms with van der Waals surface area (Å²) in [6, 6.07) is 19.2. The molecule has 0 aliphatic carbocycles. The van der Waals surface area contributed by atoms with E-state index in [1.54, 1.807) is 73.8 Å². The normalized spacial score (nSPS) is 10.6. The van der Waals surface area contributed by atoms with Gasteiger partial charge in [-0.2, -0.15) is 5.10 Å². The Bertz CT molecular complexity index is 1170. The van der Waals surface area contributed by atoms with Crippen molar-refractivity contribution in [1.82, 2.24) is 5.43 Å². The fourth-order valence-electron chi connectivity index (χ4n) is 2.94. The first-order valence-electron chi connectivity index (χ1n) is 10.3. The van der Waals surface area contributed by atoms with Gasteiger partial charge in [0.25, 0.3) is 5.91 Å². The van der Waals surface area contributed by atoms with E-state index in [4.69, 9.17) is 25.8 Å². The molecule has 0 aliphatic rings. The predicted molar refractivity (Wildman–Crippen MR) is 131 cm³/mol. The Morgan fingerprint density at radius 2 is 1.68 bits per heavy atom. The van der Waals surface area contributed by atoms with Crippen LogP contribution in [0.15, 0.2) is 71.8 Å². The number of halogens is 1. The van der Waals surface area contributed by atoms with Gasteiger partial charge in [0.1, 0.15) is 5.75 Å². The van der Waals surface area contributed by atoms with Crippen LogP contribution in [-0.2, 0) is 16.0 Å². The van der Waals surface area contributed by atoms with E-state index < -0.39 is 0 Å². The third kappa shape index (κ3) is 7.25. The third-order valence-electron chi connectivity index (χ3n) is 4.61. The predicted octanol–water partition coefficient (Wildman–Crippen LogP) is 4.07. The van der Waals surface area contributed by atoms with Crippen molar-refractivity contribution in [3.8, 4) is 17.2 Å². The van der Waals surface area contributed by atoms with Crippen molar-refractivity contribution in [2.45, 2.75) is 6.42 Å². The summed E-state index contributed by atoms with van der Waals surface area (Å²) in [7, 11) is 3.09. The molecule has 3 aromatic carbocycles. The van der Waals surface area contributed by atoms with Crippen molar-refractivity contribution in [3.63, 3.8) is 0 Å². The summed E-state index contributed by atoms with van der Waals surface area (Å²) in [6.07, 6.45) is 1.65. The third-order valence-corrected chi connectivity index (χ3v) is 4.94. The second kappa shape index (κ2) is 12.3. The van der Waals surface area contributed by atoms with Crippen LogP contribution in [0.25, 0.3) is 0 Å². The Balaban J connectivity index is 1.45. The van der Waals surface area contributed by atoms with Crippen molar-refractivity contribution in [3.05, 3.63) is 82.9 Å². The monoisotopic (exact) mass is 481 g/mol. The van der Waals surface area contributed by atoms with Gasteiger partial charge in [-0.3, -0.25) is 9.59 Å². The lowest BCUT2D eigenvalue weighted by molar-refractivity contribution is -0.120. The molecule has 0 bridgehead atoms. The molecule has 0 heterocycles. The highest BCUT2D eigenvalue weighted by atomic mass is 35.5. The SMILES string of the molecule is COc1ccc(CC(=O)N/N=C/c2ccc(OCC(=O)Nc3ccccc3Cl)cc2)cc1OC. The molecule has 34 heavy (non-hydrogen) atoms. The maximum absolute atomic E-state index is 12.1. The minimum atomic E-state index is -0.323. The van der Waals surface area contributed by atoms with Crippen molar-refractivity contribution in [1.29, 1.82) is 0 Å². The van der Waals surface area contributed by atoms with Crippen LogP contribution in [0, 0.1) is 0 Å². The molecule has 0 radical (unpaired) electrons. The van der Waals surface area contributed by atoms with Gasteiger partial charge in [-0.15, -0.1) is 0 Å². The van der Waals surface area contributed by atoms with Crippen molar-refractivity contribution in [2.24, 2.45) is 5.10 Å². The summed E-state index contributed by atoms with van der Waals surface area (Å²) in [5.41, 5.74) is 4.54. The van der Waals surface area contributed by atoms with Crippen molar-refractivity contribution >= 4 is 35.3 Å². The van der Waals surface area contributed by atoms with Crippen LogP contribution in [0.3, 0.4) is 0 Å². The number of hydrogen-bond donors (Lipinski definition) is 2. The van der Waals surface area contributed by atoms with Gasteiger partial charge in [0.15, 0.2) is 18.1 Å². The number of ether oxygens (including phenoxy) is 3. The van der Waals surface area contributed by atoms with Crippen molar-refractivity contribution < 1.29 is 23.8 Å². The van der Waals surface area contributed by atoms with E-state index in [-0.39, 0.29) is 24.8 Å². The van der Waals surface area contributed by atoms with Crippen LogP contribution in [0.2, 0.25) is 5.02 Å². The minimum absolute atomic E-state index is 0.140. The molecule has 0 saturated carbocycles. The average Bonchev–Trinajstić information content (AvgIpc) is 2.85. The molecule has 0 spiro atoms. The van der Waals surface area contributed by atoms with Crippen LogP contribution in [-0.4, -0.2) is 38.9 Å². The zero-order valence-corrected chi connectivity index (χ0v) is 19.5. The average molecular weight is 482 g/mol. The topological polar surface area (TPSA) is 98.3 Å². The quantitative estimate of drug-likeness (QED) is 0.336. The number of rotatable bonds is 10. The Morgan fingerprint density at radius 1 is 0.941 bits per heavy atom. The molecule has 3 rings (SSSR count). The minimum Gasteiger partial charge on any atom is -0.493 e. The largest absolute Gasteiger partial charge is 0.493 e. The van der Waals surface area contributed by atoms with Gasteiger partial charge in [0.2, 0.25) is 5.91 Å². The molecule has 9 heteroatoms. The molecule has 2 amide bonds. The highest BCUT2D eigenvalue weighted by Crippen LogP contribution is 2.27. The lowest BCUT2D eigenvalue weighted by atomic mass is 10.1. The summed E-state index contributed by atoms with van der Waals surface area (Å²) in [5.74, 6) is 1.08. The van der Waals surface area contributed by atoms with E-state index in [0.717, 1.165) is 11.1 Å². The molecule has 8 nitrogen and oxygen atoms in total. The summed E-state index contributed by atoms with van der Waals surface area (Å²) >= 11 is 6.02. The fraction of sp³-hybridized carbons (Fsp3) is 0.160. The summed E-state index contributed by atoms with van der Waals surface area (Å²) in [5, 5.41) is 7.12. The molecule has 0 aromatic heterocycles. The number of benzene rings is 3. The Hall–Kier alpha value is -4.04. The molecule has 0 aliphatic heterocycles. The van der Waals surface area contributed by atoms with E-state index >= 15 is 0 Å². The number of amides is 2. The summed E-state index contributed by atoms with van der Waals surface area (Å²) in [6.45, 7) is -0.162. The van der Waals surface area contributed by atoms with Gasteiger partial charge >= 0.3 is 0 Å². The van der Waals surface area contributed by atoms with Crippen LogP contribution in [0.5, 0.6) is 17.2 Å². The van der Waals surface area contributed by atoms with E-state index in [0.29, 0.717) is 28.0 Å². The standard InChI is InChI=1S/C25H24ClN3O5/c1-32-22-12-9-18(13-23(22)33-2)14-24(30)29-27-15-17-7-10-19(11-8-17)34-16-25(31)28-21-6-4-3-5-20(21)26/h3-13,15H,14,16H2,1-2H3,(H,28,31)(H,29,30)/b27-15+. The van der Waals surface area contributed by atoms with E-state index in [1.807, 2.05) is 0 Å². The first-order valence-corrected chi connectivity index (χ1v) is 10.7. The van der Waals surface area contributed by atoms with Gasteiger partial charge in [-0.05, 0) is 59.7 Å². The second-order valence-corrected chi connectivity index (χ2v) is 7.45. The summed E-state index contributed by atoms with van der Waals surface area (Å²) < 4.78 is 15.9. The molecule has 2 N–H and O–H groups in total. The smallest absolute Gasteiger partial charge is 0.262 e. The second-order valence-electron chi connectivity index (χ2n) is 7.05. The Labute approximate surface area is 202 Å². The maximum atomic E-state index is 12.1. The van der Waals surface area contributed by atoms with E-state index in [2.05, 4.69) is 15.8 Å². The van der Waals surface area contributed by atoms with Gasteiger partial charge in [-0.1, -0.05) is 29.8 Å². The molecular formula is C25H24ClN3O5. The van der Waals surface area contributed by atoms with Gasteiger partial charge in [0.05, 0.1) is 37.6 Å². The molecule has 0 unspecified atom stereocenters. The van der Waals surface area contributed by atoms with Gasteiger partial charge < -0.3 is 19.5 Å². The summed E-state index contributed by atoms with van der Waals surface area (Å²) in [4.78, 5) is 24.2. The first kappa shape index (κ1) is 24.6. The zero-order valence-electron chi connectivity index (χ0n) is 18.7. The fourth-order valence-corrected chi connectivity index (χ4v) is 3.13. The molecule has 0 atom stereocenters. The number of para-hydroxylation sites is 1. The maximum Gasteiger partial charge on any atom is 0.262 e. The van der Waals surface area contributed by atoms with Crippen LogP contribution >= 0.6 is 11.6 Å². The number of hydrogen-bond acceptors (Lipinski definition) is 6.